The molecular formula is C40H28F10N6O6S2. The van der Waals surface area contributed by atoms with E-state index >= 15 is 0 Å². The molecule has 24 heteroatoms. The Morgan fingerprint density at radius 3 is 1.33 bits per heavy atom. The number of sulfonamides is 2. The second-order valence-corrected chi connectivity index (χ2v) is 16.5. The van der Waals surface area contributed by atoms with Crippen LogP contribution >= 0.6 is 0 Å². The molecule has 0 saturated heterocycles. The van der Waals surface area contributed by atoms with E-state index in [2.05, 4.69) is 20.6 Å². The summed E-state index contributed by atoms with van der Waals surface area (Å²) in [4.78, 5) is 30.3. The molecule has 0 fully saturated rings. The zero-order chi connectivity index (χ0) is 47.4. The van der Waals surface area contributed by atoms with Gasteiger partial charge in [-0.25, -0.2) is 44.7 Å². The lowest BCUT2D eigenvalue weighted by Crippen LogP contribution is -2.17. The Labute approximate surface area is 356 Å². The smallest absolute Gasteiger partial charge is 0.326 e. The van der Waals surface area contributed by atoms with Crippen LogP contribution in [0.3, 0.4) is 0 Å². The highest BCUT2D eigenvalue weighted by Gasteiger charge is 2.33. The van der Waals surface area contributed by atoms with Crippen LogP contribution in [0, 0.1) is 23.3 Å². The number of carbonyl (C=O) groups is 2. The molecule has 336 valence electrons. The fourth-order valence-corrected chi connectivity index (χ4v) is 7.34. The lowest BCUT2D eigenvalue weighted by Gasteiger charge is -2.13. The maximum atomic E-state index is 13.3. The summed E-state index contributed by atoms with van der Waals surface area (Å²) in [5.41, 5.74) is -2.64. The van der Waals surface area contributed by atoms with Gasteiger partial charge in [0.1, 0.15) is 11.6 Å². The lowest BCUT2D eigenvalue weighted by molar-refractivity contribution is -0.138. The summed E-state index contributed by atoms with van der Waals surface area (Å²) in [6, 6.07) is 13.7. The largest absolute Gasteiger partial charge is 0.417 e. The number of nitrogens with two attached hydrogens (primary N) is 2. The molecule has 0 aliphatic carbocycles. The molecule has 0 atom stereocenters. The Morgan fingerprint density at radius 1 is 0.516 bits per heavy atom. The van der Waals surface area contributed by atoms with Crippen LogP contribution < -0.4 is 20.9 Å². The molecule has 0 radical (unpaired) electrons. The Kier molecular flexibility index (Phi) is 14.3. The van der Waals surface area contributed by atoms with E-state index in [0.717, 1.165) is 60.9 Å². The number of anilines is 2. The van der Waals surface area contributed by atoms with E-state index in [9.17, 15) is 70.3 Å². The fraction of sp³-hybridized carbons (Fsp3) is 0.100. The zero-order valence-corrected chi connectivity index (χ0v) is 33.5. The summed E-state index contributed by atoms with van der Waals surface area (Å²) in [5.74, 6) is -5.35. The number of nitrogens with zero attached hydrogens (tertiary/aromatic N) is 2. The van der Waals surface area contributed by atoms with E-state index in [1.54, 1.807) is 0 Å². The van der Waals surface area contributed by atoms with E-state index < -0.39 is 94.8 Å². The van der Waals surface area contributed by atoms with E-state index in [0.29, 0.717) is 24.5 Å². The average Bonchev–Trinajstić information content (AvgIpc) is 3.18. The Balaban J connectivity index is 0.000000241. The number of alkyl halides is 6. The monoisotopic (exact) mass is 942 g/mol. The summed E-state index contributed by atoms with van der Waals surface area (Å²) in [6.45, 7) is 0. The fourth-order valence-electron chi connectivity index (χ4n) is 5.78. The Bertz CT molecular complexity index is 2970. The number of amides is 2. The van der Waals surface area contributed by atoms with Gasteiger partial charge in [0.25, 0.3) is 0 Å². The number of primary sulfonamides is 2. The lowest BCUT2D eigenvalue weighted by atomic mass is 10.0. The number of rotatable bonds is 10. The quantitative estimate of drug-likeness (QED) is 0.0998. The molecule has 64 heavy (non-hydrogen) atoms. The van der Waals surface area contributed by atoms with Crippen LogP contribution in [-0.2, 0) is 54.8 Å². The number of hydrogen-bond donors (Lipinski definition) is 4. The van der Waals surface area contributed by atoms with Crippen LogP contribution in [0.1, 0.15) is 22.3 Å². The standard InChI is InChI=1S/2C20H14F5N3O3S/c21-16-4-1-11(5-17(16)22)6-19(29)28-14-2-3-15(18(8-14)32(26,30)31)12-7-13(10-27-9-12)20(23,24)25;21-14-3-11(4-15(22)7-14)5-19(29)28-16-1-2-17(18(8-16)32(26,30)31)12-6-13(10-27-9-12)20(23,24)25/h1-5,7-10H,6H2,(H,28,29)(H2,26,30,31);1-4,6-10H,5H2,(H,28,29)(H2,26,30,31). The SMILES string of the molecule is NS(=O)(=O)c1cc(NC(=O)Cc2cc(F)cc(F)c2)ccc1-c1cncc(C(F)(F)F)c1.NS(=O)(=O)c1cc(NC(=O)Cc2ccc(F)c(F)c2)ccc1-c1cncc(C(F)(F)F)c1. The maximum absolute atomic E-state index is 13.3. The summed E-state index contributed by atoms with van der Waals surface area (Å²) >= 11 is 0. The molecule has 0 aliphatic rings. The van der Waals surface area contributed by atoms with Crippen LogP contribution in [0.2, 0.25) is 0 Å². The molecule has 0 saturated carbocycles. The summed E-state index contributed by atoms with van der Waals surface area (Å²) in [5, 5.41) is 15.2. The van der Waals surface area contributed by atoms with Gasteiger partial charge < -0.3 is 10.6 Å². The number of benzene rings is 4. The van der Waals surface area contributed by atoms with Gasteiger partial charge in [-0.05, 0) is 71.8 Å². The number of hydrogen-bond acceptors (Lipinski definition) is 8. The minimum Gasteiger partial charge on any atom is -0.326 e. The van der Waals surface area contributed by atoms with Crippen molar-refractivity contribution in [2.24, 2.45) is 10.3 Å². The average molecular weight is 943 g/mol. The third kappa shape index (κ3) is 12.9. The maximum Gasteiger partial charge on any atom is 0.417 e. The van der Waals surface area contributed by atoms with Crippen molar-refractivity contribution in [3.8, 4) is 22.3 Å². The van der Waals surface area contributed by atoms with Gasteiger partial charge in [0.2, 0.25) is 31.9 Å². The van der Waals surface area contributed by atoms with Crippen molar-refractivity contribution in [2.75, 3.05) is 10.6 Å². The van der Waals surface area contributed by atoms with Gasteiger partial charge in [0, 0.05) is 64.5 Å². The van der Waals surface area contributed by atoms with Crippen LogP contribution in [0.15, 0.2) is 120 Å². The third-order valence-corrected chi connectivity index (χ3v) is 10.4. The molecule has 0 unspecified atom stereocenters. The van der Waals surface area contributed by atoms with Gasteiger partial charge >= 0.3 is 12.4 Å². The van der Waals surface area contributed by atoms with Crippen molar-refractivity contribution >= 4 is 43.2 Å². The number of halogens is 10. The zero-order valence-electron chi connectivity index (χ0n) is 31.9. The molecule has 0 bridgehead atoms. The first-order chi connectivity index (χ1) is 29.7. The van der Waals surface area contributed by atoms with Crippen molar-refractivity contribution in [3.63, 3.8) is 0 Å². The first-order valence-corrected chi connectivity index (χ1v) is 20.6. The van der Waals surface area contributed by atoms with Gasteiger partial charge in [-0.15, -0.1) is 0 Å². The first-order valence-electron chi connectivity index (χ1n) is 17.5. The number of pyridine rings is 2. The van der Waals surface area contributed by atoms with Crippen LogP contribution in [-0.4, -0.2) is 38.6 Å². The second-order valence-electron chi connectivity index (χ2n) is 13.4. The Hall–Kier alpha value is -6.76. The van der Waals surface area contributed by atoms with E-state index in [1.165, 1.54) is 24.3 Å². The van der Waals surface area contributed by atoms with E-state index in [4.69, 9.17) is 10.3 Å². The molecule has 2 amide bonds. The van der Waals surface area contributed by atoms with Gasteiger partial charge in [0.15, 0.2) is 11.6 Å². The van der Waals surface area contributed by atoms with E-state index in [1.807, 2.05) is 0 Å². The van der Waals surface area contributed by atoms with Crippen LogP contribution in [0.4, 0.5) is 55.3 Å². The molecule has 4 aromatic carbocycles. The summed E-state index contributed by atoms with van der Waals surface area (Å²) in [7, 11) is -8.83. The molecule has 6 aromatic rings. The van der Waals surface area contributed by atoms with Crippen molar-refractivity contribution in [3.05, 3.63) is 155 Å². The van der Waals surface area contributed by atoms with Crippen LogP contribution in [0.25, 0.3) is 22.3 Å². The van der Waals surface area contributed by atoms with Crippen molar-refractivity contribution < 1.29 is 70.3 Å². The molecular weight excluding hydrogens is 915 g/mol. The normalized spacial score (nSPS) is 11.9. The summed E-state index contributed by atoms with van der Waals surface area (Å²) in [6.07, 6.45) is -6.90. The minimum atomic E-state index is -4.70. The molecule has 12 nitrogen and oxygen atoms in total. The third-order valence-electron chi connectivity index (χ3n) is 8.53. The molecule has 0 aliphatic heterocycles. The highest BCUT2D eigenvalue weighted by molar-refractivity contribution is 7.89. The number of aromatic nitrogens is 2. The number of nitrogens with one attached hydrogen (secondary N) is 2. The predicted octanol–water partition coefficient (Wildman–Crippen LogP) is 7.75. The topological polar surface area (TPSA) is 204 Å². The molecule has 2 aromatic heterocycles. The second kappa shape index (κ2) is 18.9. The number of carbonyl (C=O) groups excluding carboxylic acids is 2. The molecule has 6 rings (SSSR count). The van der Waals surface area contributed by atoms with E-state index in [-0.39, 0.29) is 51.2 Å². The summed E-state index contributed by atoms with van der Waals surface area (Å²) < 4.78 is 179. The predicted molar refractivity (Wildman–Crippen MR) is 209 cm³/mol. The highest BCUT2D eigenvalue weighted by atomic mass is 32.2. The van der Waals surface area contributed by atoms with Gasteiger partial charge in [-0.1, -0.05) is 18.2 Å². The molecule has 2 heterocycles. The van der Waals surface area contributed by atoms with Gasteiger partial charge in [-0.2, -0.15) is 26.3 Å². The van der Waals surface area contributed by atoms with Gasteiger partial charge in [-0.3, -0.25) is 19.6 Å². The highest BCUT2D eigenvalue weighted by Crippen LogP contribution is 2.36. The van der Waals surface area contributed by atoms with Crippen molar-refractivity contribution in [1.29, 1.82) is 0 Å². The molecule has 6 N–H and O–H groups in total. The minimum absolute atomic E-state index is 0.0229. The van der Waals surface area contributed by atoms with Crippen molar-refractivity contribution in [1.82, 2.24) is 9.97 Å². The Morgan fingerprint density at radius 2 is 0.938 bits per heavy atom. The van der Waals surface area contributed by atoms with Crippen LogP contribution in [0.5, 0.6) is 0 Å². The first kappa shape index (κ1) is 48.3. The van der Waals surface area contributed by atoms with Gasteiger partial charge in [0.05, 0.1) is 33.8 Å². The molecule has 0 spiro atoms. The van der Waals surface area contributed by atoms with Crippen molar-refractivity contribution in [2.45, 2.75) is 35.0 Å².